The summed E-state index contributed by atoms with van der Waals surface area (Å²) >= 11 is 5.58. The maximum absolute atomic E-state index is 3.64. The van der Waals surface area contributed by atoms with Crippen LogP contribution in [-0.2, 0) is 0 Å². The van der Waals surface area contributed by atoms with Crippen LogP contribution >= 0.6 is 27.3 Å². The highest BCUT2D eigenvalue weighted by molar-refractivity contribution is 9.10. The molecule has 1 saturated carbocycles. The SMILES string of the molecule is CCC1(C(NC)c2cc(Br)c(C)s2)CCCC1. The van der Waals surface area contributed by atoms with Gasteiger partial charge < -0.3 is 5.32 Å². The molecule has 0 aliphatic heterocycles. The van der Waals surface area contributed by atoms with Crippen molar-refractivity contribution in [2.75, 3.05) is 7.05 Å². The standard InChI is InChI=1S/C14H22BrNS/c1-4-14(7-5-6-8-14)13(16-3)12-9-11(15)10(2)17-12/h9,13,16H,4-8H2,1-3H3. The van der Waals surface area contributed by atoms with Gasteiger partial charge in [0.1, 0.15) is 0 Å². The van der Waals surface area contributed by atoms with Crippen molar-refractivity contribution < 1.29 is 0 Å². The van der Waals surface area contributed by atoms with Crippen molar-refractivity contribution in [2.24, 2.45) is 5.41 Å². The summed E-state index contributed by atoms with van der Waals surface area (Å²) in [5.74, 6) is 0. The van der Waals surface area contributed by atoms with Crippen LogP contribution in [0.15, 0.2) is 10.5 Å². The quantitative estimate of drug-likeness (QED) is 0.819. The van der Waals surface area contributed by atoms with E-state index in [4.69, 9.17) is 0 Å². The van der Waals surface area contributed by atoms with E-state index in [9.17, 15) is 0 Å². The Morgan fingerprint density at radius 3 is 2.53 bits per heavy atom. The molecular weight excluding hydrogens is 294 g/mol. The van der Waals surface area contributed by atoms with E-state index in [1.807, 2.05) is 11.3 Å². The van der Waals surface area contributed by atoms with Crippen molar-refractivity contribution in [3.05, 3.63) is 20.3 Å². The van der Waals surface area contributed by atoms with Crippen LogP contribution in [0.4, 0.5) is 0 Å². The minimum atomic E-state index is 0.492. The molecular formula is C14H22BrNS. The lowest BCUT2D eigenvalue weighted by Crippen LogP contribution is -2.33. The summed E-state index contributed by atoms with van der Waals surface area (Å²) in [6.07, 6.45) is 6.84. The molecule has 96 valence electrons. The second-order valence-electron chi connectivity index (χ2n) is 5.20. The Hall–Kier alpha value is 0.140. The average molecular weight is 316 g/mol. The van der Waals surface area contributed by atoms with Gasteiger partial charge in [-0.2, -0.15) is 0 Å². The van der Waals surface area contributed by atoms with Gasteiger partial charge in [0, 0.05) is 20.3 Å². The molecule has 3 heteroatoms. The molecule has 1 aromatic heterocycles. The summed E-state index contributed by atoms with van der Waals surface area (Å²) in [5.41, 5.74) is 0.492. The van der Waals surface area contributed by atoms with E-state index in [-0.39, 0.29) is 0 Å². The van der Waals surface area contributed by atoms with Crippen molar-refractivity contribution in [1.29, 1.82) is 0 Å². The van der Waals surface area contributed by atoms with Gasteiger partial charge in [-0.15, -0.1) is 11.3 Å². The highest BCUT2D eigenvalue weighted by Gasteiger charge is 2.40. The smallest absolute Gasteiger partial charge is 0.0469 e. The van der Waals surface area contributed by atoms with E-state index in [1.54, 1.807) is 0 Å². The fraction of sp³-hybridized carbons (Fsp3) is 0.714. The number of aryl methyl sites for hydroxylation is 1. The topological polar surface area (TPSA) is 12.0 Å². The second-order valence-corrected chi connectivity index (χ2v) is 7.34. The van der Waals surface area contributed by atoms with Crippen LogP contribution < -0.4 is 5.32 Å². The van der Waals surface area contributed by atoms with E-state index in [0.29, 0.717) is 11.5 Å². The van der Waals surface area contributed by atoms with Crippen LogP contribution in [0.5, 0.6) is 0 Å². The van der Waals surface area contributed by atoms with Crippen LogP contribution in [0.2, 0.25) is 0 Å². The van der Waals surface area contributed by atoms with E-state index in [0.717, 1.165) is 0 Å². The van der Waals surface area contributed by atoms with Crippen LogP contribution in [0.25, 0.3) is 0 Å². The number of halogens is 1. The van der Waals surface area contributed by atoms with Gasteiger partial charge in [-0.3, -0.25) is 0 Å². The molecule has 0 amide bonds. The Bertz CT molecular complexity index is 360. The lowest BCUT2D eigenvalue weighted by Gasteiger charge is -2.36. The predicted molar refractivity (Wildman–Crippen MR) is 79.7 cm³/mol. The van der Waals surface area contributed by atoms with Crippen LogP contribution in [0, 0.1) is 12.3 Å². The highest BCUT2D eigenvalue weighted by atomic mass is 79.9. The van der Waals surface area contributed by atoms with Gasteiger partial charge in [0.15, 0.2) is 0 Å². The third-order valence-electron chi connectivity index (χ3n) is 4.37. The lowest BCUT2D eigenvalue weighted by atomic mass is 9.75. The van der Waals surface area contributed by atoms with E-state index in [1.165, 1.54) is 46.3 Å². The molecule has 1 fully saturated rings. The van der Waals surface area contributed by atoms with Gasteiger partial charge in [0.2, 0.25) is 0 Å². The molecule has 0 spiro atoms. The van der Waals surface area contributed by atoms with Crippen molar-refractivity contribution in [3.8, 4) is 0 Å². The molecule has 1 aromatic rings. The van der Waals surface area contributed by atoms with Gasteiger partial charge in [0.05, 0.1) is 0 Å². The first-order valence-electron chi connectivity index (χ1n) is 6.56. The molecule has 0 radical (unpaired) electrons. The van der Waals surface area contributed by atoms with Crippen molar-refractivity contribution in [3.63, 3.8) is 0 Å². The summed E-state index contributed by atoms with van der Waals surface area (Å²) < 4.78 is 1.27. The number of rotatable bonds is 4. The average Bonchev–Trinajstić information content (AvgIpc) is 2.90. The molecule has 1 aliphatic carbocycles. The molecule has 1 unspecified atom stereocenters. The normalized spacial score (nSPS) is 20.7. The molecule has 2 rings (SSSR count). The van der Waals surface area contributed by atoms with Crippen LogP contribution in [0.1, 0.15) is 54.8 Å². The fourth-order valence-corrected chi connectivity index (χ4v) is 5.11. The molecule has 0 saturated heterocycles. The van der Waals surface area contributed by atoms with Gasteiger partial charge in [-0.1, -0.05) is 19.8 Å². The molecule has 0 aromatic carbocycles. The van der Waals surface area contributed by atoms with E-state index in [2.05, 4.69) is 48.2 Å². The maximum atomic E-state index is 3.64. The van der Waals surface area contributed by atoms with E-state index < -0.39 is 0 Å². The maximum Gasteiger partial charge on any atom is 0.0469 e. The first-order chi connectivity index (χ1) is 8.13. The summed E-state index contributed by atoms with van der Waals surface area (Å²) in [5, 5.41) is 3.58. The van der Waals surface area contributed by atoms with Crippen molar-refractivity contribution in [1.82, 2.24) is 5.32 Å². The Morgan fingerprint density at radius 2 is 2.12 bits per heavy atom. The zero-order chi connectivity index (χ0) is 12.5. The minimum Gasteiger partial charge on any atom is -0.312 e. The lowest BCUT2D eigenvalue weighted by molar-refractivity contribution is 0.198. The summed E-state index contributed by atoms with van der Waals surface area (Å²) in [4.78, 5) is 2.89. The fourth-order valence-electron chi connectivity index (χ4n) is 3.30. The Kier molecular flexibility index (Phi) is 4.32. The zero-order valence-corrected chi connectivity index (χ0v) is 13.4. The number of hydrogen-bond acceptors (Lipinski definition) is 2. The Labute approximate surface area is 117 Å². The first-order valence-corrected chi connectivity index (χ1v) is 8.17. The van der Waals surface area contributed by atoms with Crippen LogP contribution in [-0.4, -0.2) is 7.05 Å². The third-order valence-corrected chi connectivity index (χ3v) is 6.57. The second kappa shape index (κ2) is 5.41. The monoisotopic (exact) mass is 315 g/mol. The number of hydrogen-bond donors (Lipinski definition) is 1. The Balaban J connectivity index is 2.31. The molecule has 1 N–H and O–H groups in total. The number of thiophene rings is 1. The number of nitrogens with one attached hydrogen (secondary N) is 1. The van der Waals surface area contributed by atoms with Crippen molar-refractivity contribution in [2.45, 2.75) is 52.0 Å². The van der Waals surface area contributed by atoms with E-state index >= 15 is 0 Å². The largest absolute Gasteiger partial charge is 0.312 e. The summed E-state index contributed by atoms with van der Waals surface area (Å²) in [6.45, 7) is 4.55. The van der Waals surface area contributed by atoms with Crippen LogP contribution in [0.3, 0.4) is 0 Å². The predicted octanol–water partition coefficient (Wildman–Crippen LogP) is 5.05. The molecule has 1 aliphatic rings. The van der Waals surface area contributed by atoms with Crippen molar-refractivity contribution >= 4 is 27.3 Å². The summed E-state index contributed by atoms with van der Waals surface area (Å²) in [6, 6.07) is 2.85. The first kappa shape index (κ1) is 13.6. The van der Waals surface area contributed by atoms with Gasteiger partial charge in [-0.25, -0.2) is 0 Å². The Morgan fingerprint density at radius 1 is 1.47 bits per heavy atom. The molecule has 0 bridgehead atoms. The van der Waals surface area contributed by atoms with Gasteiger partial charge >= 0.3 is 0 Å². The molecule has 1 heterocycles. The molecule has 17 heavy (non-hydrogen) atoms. The molecule has 1 atom stereocenters. The summed E-state index contributed by atoms with van der Waals surface area (Å²) in [7, 11) is 2.11. The van der Waals surface area contributed by atoms with Gasteiger partial charge in [-0.05, 0) is 60.6 Å². The highest BCUT2D eigenvalue weighted by Crippen LogP contribution is 2.51. The third kappa shape index (κ3) is 2.47. The zero-order valence-electron chi connectivity index (χ0n) is 11.0. The van der Waals surface area contributed by atoms with Gasteiger partial charge in [0.25, 0.3) is 0 Å². The minimum absolute atomic E-state index is 0.492. The molecule has 1 nitrogen and oxygen atoms in total.